The molecule has 0 bridgehead atoms. The molecule has 0 radical (unpaired) electrons. The molecule has 0 saturated carbocycles. The second-order valence-electron chi connectivity index (χ2n) is 3.76. The summed E-state index contributed by atoms with van der Waals surface area (Å²) in [4.78, 5) is 5.66. The summed E-state index contributed by atoms with van der Waals surface area (Å²) >= 11 is 1.34. The Morgan fingerprint density at radius 2 is 1.76 bits per heavy atom. The summed E-state index contributed by atoms with van der Waals surface area (Å²) < 4.78 is 57.6. The first kappa shape index (κ1) is 15.4. The Morgan fingerprint density at radius 1 is 1.10 bits per heavy atom. The van der Waals surface area contributed by atoms with Gasteiger partial charge in [0.2, 0.25) is 0 Å². The van der Waals surface area contributed by atoms with Crippen molar-refractivity contribution in [3.05, 3.63) is 29.8 Å². The van der Waals surface area contributed by atoms with Gasteiger partial charge in [-0.05, 0) is 12.1 Å². The van der Waals surface area contributed by atoms with Crippen molar-refractivity contribution in [1.82, 2.24) is 4.98 Å². The third-order valence-corrected chi connectivity index (χ3v) is 3.30. The number of halogens is 4. The van der Waals surface area contributed by atoms with E-state index in [2.05, 4.69) is 14.5 Å². The molecule has 0 atom stereocenters. The Hall–Kier alpha value is -2.03. The summed E-state index contributed by atoms with van der Waals surface area (Å²) in [7, 11) is 1.66. The minimum atomic E-state index is -3.15. The quantitative estimate of drug-likeness (QED) is 0.750. The van der Waals surface area contributed by atoms with E-state index in [0.29, 0.717) is 10.8 Å². The van der Waals surface area contributed by atoms with Crippen LogP contribution in [0.5, 0.6) is 11.5 Å². The van der Waals surface area contributed by atoms with Crippen LogP contribution >= 0.6 is 11.3 Å². The van der Waals surface area contributed by atoms with Gasteiger partial charge in [-0.3, -0.25) is 0 Å². The molecule has 1 heterocycles. The lowest BCUT2D eigenvalue weighted by Gasteiger charge is -2.18. The number of hydrogen-bond donors (Lipinski definition) is 0. The summed E-state index contributed by atoms with van der Waals surface area (Å²) in [6.45, 7) is -6.28. The van der Waals surface area contributed by atoms with Crippen LogP contribution in [0.1, 0.15) is 0 Å². The average Bonchev–Trinajstić information content (AvgIpc) is 2.92. The van der Waals surface area contributed by atoms with Crippen molar-refractivity contribution in [3.63, 3.8) is 0 Å². The van der Waals surface area contributed by atoms with Gasteiger partial charge in [0.1, 0.15) is 0 Å². The zero-order valence-corrected chi connectivity index (χ0v) is 11.5. The fraction of sp³-hybridized carbons (Fsp3) is 0.250. The van der Waals surface area contributed by atoms with Gasteiger partial charge in [0.05, 0.1) is 0 Å². The second kappa shape index (κ2) is 6.61. The molecule has 1 aromatic carbocycles. The molecule has 1 aromatic heterocycles. The van der Waals surface area contributed by atoms with Crippen molar-refractivity contribution in [1.29, 1.82) is 0 Å². The molecule has 0 saturated heterocycles. The first-order chi connectivity index (χ1) is 9.97. The molecule has 21 heavy (non-hydrogen) atoms. The van der Waals surface area contributed by atoms with Gasteiger partial charge in [0, 0.05) is 30.4 Å². The fourth-order valence-corrected chi connectivity index (χ4v) is 2.21. The van der Waals surface area contributed by atoms with Crippen LogP contribution in [0.25, 0.3) is 0 Å². The standard InChI is InChI=1S/C12H10F4N2O2S/c1-18(12-17-4-5-21-12)7-2-3-8(19-10(13)14)9(6-7)20-11(15)16/h2-6,10-11H,1H3. The zero-order chi connectivity index (χ0) is 15.4. The lowest BCUT2D eigenvalue weighted by Crippen LogP contribution is -2.11. The summed E-state index contributed by atoms with van der Waals surface area (Å²) in [5, 5.41) is 2.36. The van der Waals surface area contributed by atoms with Gasteiger partial charge < -0.3 is 14.4 Å². The van der Waals surface area contributed by atoms with Crippen LogP contribution in [-0.4, -0.2) is 25.3 Å². The number of alkyl halides is 4. The van der Waals surface area contributed by atoms with Crippen molar-refractivity contribution >= 4 is 22.2 Å². The van der Waals surface area contributed by atoms with E-state index in [9.17, 15) is 17.6 Å². The smallest absolute Gasteiger partial charge is 0.387 e. The van der Waals surface area contributed by atoms with Gasteiger partial charge >= 0.3 is 13.2 Å². The van der Waals surface area contributed by atoms with E-state index < -0.39 is 24.7 Å². The van der Waals surface area contributed by atoms with Crippen LogP contribution in [0.15, 0.2) is 29.8 Å². The number of hydrogen-bond acceptors (Lipinski definition) is 5. The van der Waals surface area contributed by atoms with E-state index in [1.165, 1.54) is 23.5 Å². The molecule has 114 valence electrons. The van der Waals surface area contributed by atoms with Crippen LogP contribution < -0.4 is 14.4 Å². The first-order valence-electron chi connectivity index (χ1n) is 5.64. The van der Waals surface area contributed by atoms with Gasteiger partial charge in [-0.1, -0.05) is 0 Å². The van der Waals surface area contributed by atoms with Crippen LogP contribution in [0.2, 0.25) is 0 Å². The molecule has 2 rings (SSSR count). The topological polar surface area (TPSA) is 34.6 Å². The maximum Gasteiger partial charge on any atom is 0.387 e. The predicted octanol–water partition coefficient (Wildman–Crippen LogP) is 4.11. The highest BCUT2D eigenvalue weighted by molar-refractivity contribution is 7.13. The van der Waals surface area contributed by atoms with Crippen molar-refractivity contribution in [3.8, 4) is 11.5 Å². The number of thiazole rings is 1. The Labute approximate surface area is 121 Å². The van der Waals surface area contributed by atoms with Crippen LogP contribution in [0.3, 0.4) is 0 Å². The number of nitrogens with zero attached hydrogens (tertiary/aromatic N) is 2. The monoisotopic (exact) mass is 322 g/mol. The fourth-order valence-electron chi connectivity index (χ4n) is 1.58. The SMILES string of the molecule is CN(c1ccc(OC(F)F)c(OC(F)F)c1)c1nccs1. The van der Waals surface area contributed by atoms with Crippen LogP contribution in [-0.2, 0) is 0 Å². The van der Waals surface area contributed by atoms with Crippen molar-refractivity contribution in [2.75, 3.05) is 11.9 Å². The van der Waals surface area contributed by atoms with Gasteiger partial charge in [-0.2, -0.15) is 17.6 Å². The molecule has 9 heteroatoms. The average molecular weight is 322 g/mol. The van der Waals surface area contributed by atoms with E-state index in [1.54, 1.807) is 23.5 Å². The van der Waals surface area contributed by atoms with E-state index in [-0.39, 0.29) is 0 Å². The lowest BCUT2D eigenvalue weighted by molar-refractivity contribution is -0.0691. The number of benzene rings is 1. The van der Waals surface area contributed by atoms with E-state index in [0.717, 1.165) is 6.07 Å². The van der Waals surface area contributed by atoms with Crippen LogP contribution in [0, 0.1) is 0 Å². The maximum absolute atomic E-state index is 12.4. The molecule has 0 aliphatic carbocycles. The van der Waals surface area contributed by atoms with E-state index in [4.69, 9.17) is 0 Å². The minimum Gasteiger partial charge on any atom is -0.431 e. The maximum atomic E-state index is 12.4. The highest BCUT2D eigenvalue weighted by atomic mass is 32.1. The molecule has 4 nitrogen and oxygen atoms in total. The highest BCUT2D eigenvalue weighted by Gasteiger charge is 2.17. The number of ether oxygens (including phenoxy) is 2. The molecule has 0 unspecified atom stereocenters. The minimum absolute atomic E-state index is 0.446. The summed E-state index contributed by atoms with van der Waals surface area (Å²) in [5.41, 5.74) is 0.446. The van der Waals surface area contributed by atoms with Crippen molar-refractivity contribution < 1.29 is 27.0 Å². The third-order valence-electron chi connectivity index (χ3n) is 2.45. The molecule has 0 aliphatic rings. The third kappa shape index (κ3) is 3.97. The van der Waals surface area contributed by atoms with E-state index >= 15 is 0 Å². The van der Waals surface area contributed by atoms with Gasteiger partial charge in [0.15, 0.2) is 16.6 Å². The van der Waals surface area contributed by atoms with E-state index in [1.807, 2.05) is 0 Å². The van der Waals surface area contributed by atoms with Crippen molar-refractivity contribution in [2.24, 2.45) is 0 Å². The Morgan fingerprint density at radius 3 is 2.33 bits per heavy atom. The lowest BCUT2D eigenvalue weighted by atomic mass is 10.2. The Bertz CT molecular complexity index is 581. The first-order valence-corrected chi connectivity index (χ1v) is 6.52. The number of rotatable bonds is 6. The van der Waals surface area contributed by atoms with Crippen molar-refractivity contribution in [2.45, 2.75) is 13.2 Å². The second-order valence-corrected chi connectivity index (χ2v) is 4.63. The number of anilines is 2. The molecular weight excluding hydrogens is 312 g/mol. The molecule has 0 aliphatic heterocycles. The molecule has 0 spiro atoms. The van der Waals surface area contributed by atoms with Gasteiger partial charge in [0.25, 0.3) is 0 Å². The Balaban J connectivity index is 2.31. The largest absolute Gasteiger partial charge is 0.431 e. The Kier molecular flexibility index (Phi) is 4.84. The molecule has 0 amide bonds. The van der Waals surface area contributed by atoms with Gasteiger partial charge in [-0.15, -0.1) is 11.3 Å². The predicted molar refractivity (Wildman–Crippen MR) is 69.9 cm³/mol. The molecule has 0 fully saturated rings. The molecular formula is C12H10F4N2O2S. The zero-order valence-electron chi connectivity index (χ0n) is 10.7. The summed E-state index contributed by atoms with van der Waals surface area (Å²) in [5.74, 6) is -0.923. The summed E-state index contributed by atoms with van der Waals surface area (Å²) in [6, 6.07) is 3.77. The molecule has 2 aromatic rings. The normalized spacial score (nSPS) is 11.0. The molecule has 0 N–H and O–H groups in total. The van der Waals surface area contributed by atoms with Gasteiger partial charge in [-0.25, -0.2) is 4.98 Å². The number of aromatic nitrogens is 1. The summed E-state index contributed by atoms with van der Waals surface area (Å²) in [6.07, 6.45) is 1.58. The van der Waals surface area contributed by atoms with Crippen LogP contribution in [0.4, 0.5) is 28.4 Å². The highest BCUT2D eigenvalue weighted by Crippen LogP contribution is 2.36.